The quantitative estimate of drug-likeness (QED) is 0.836. The van der Waals surface area contributed by atoms with E-state index in [2.05, 4.69) is 15.0 Å². The van der Waals surface area contributed by atoms with E-state index in [-0.39, 0.29) is 16.6 Å². The molecule has 8 heteroatoms. The molecule has 136 valence electrons. The van der Waals surface area contributed by atoms with Crippen LogP contribution < -0.4 is 10.0 Å². The zero-order valence-electron chi connectivity index (χ0n) is 14.4. The largest absolute Gasteiger partial charge is 0.380 e. The van der Waals surface area contributed by atoms with Crippen LogP contribution in [0.1, 0.15) is 18.1 Å². The normalized spacial score (nSPS) is 17.4. The minimum absolute atomic E-state index is 0.165. The first-order chi connectivity index (χ1) is 12.4. The summed E-state index contributed by atoms with van der Waals surface area (Å²) in [7, 11) is -2.02. The standard InChI is InChI=1S/C18H19N3O4S/c1-12(18(22)20-14-7-5-6-13(10-14)11-25-2)19-17-15-8-3-4-9-16(15)26(23,24)21-17/h3-10,12H,11H2,1-2H3,(H,19,21)(H,20,22)/t12-/m0/s1. The summed E-state index contributed by atoms with van der Waals surface area (Å²) < 4.78 is 31.7. The Morgan fingerprint density at radius 2 is 2.00 bits per heavy atom. The average Bonchev–Trinajstić information content (AvgIpc) is 2.86. The molecule has 1 aliphatic heterocycles. The predicted octanol–water partition coefficient (Wildman–Crippen LogP) is 1.90. The number of carbonyl (C=O) groups excluding carboxylic acids is 1. The number of anilines is 1. The number of ether oxygens (including phenoxy) is 1. The third-order valence-corrected chi connectivity index (χ3v) is 5.27. The van der Waals surface area contributed by atoms with E-state index in [4.69, 9.17) is 4.74 Å². The number of benzene rings is 2. The summed E-state index contributed by atoms with van der Waals surface area (Å²) >= 11 is 0. The molecule has 1 amide bonds. The minimum Gasteiger partial charge on any atom is -0.380 e. The molecule has 2 N–H and O–H groups in total. The maximum absolute atomic E-state index is 12.4. The van der Waals surface area contributed by atoms with Crippen molar-refractivity contribution in [1.29, 1.82) is 0 Å². The smallest absolute Gasteiger partial charge is 0.263 e. The molecule has 1 atom stereocenters. The lowest BCUT2D eigenvalue weighted by Crippen LogP contribution is -2.28. The molecule has 0 bridgehead atoms. The van der Waals surface area contributed by atoms with Gasteiger partial charge in [-0.15, -0.1) is 0 Å². The van der Waals surface area contributed by atoms with Gasteiger partial charge in [0.1, 0.15) is 11.9 Å². The molecule has 0 spiro atoms. The Morgan fingerprint density at radius 1 is 1.23 bits per heavy atom. The molecule has 0 saturated carbocycles. The van der Waals surface area contributed by atoms with Crippen molar-refractivity contribution in [2.24, 2.45) is 4.99 Å². The number of nitrogens with one attached hydrogen (secondary N) is 2. The van der Waals surface area contributed by atoms with Gasteiger partial charge in [-0.3, -0.25) is 14.5 Å². The van der Waals surface area contributed by atoms with Crippen LogP contribution in [-0.4, -0.2) is 33.3 Å². The summed E-state index contributed by atoms with van der Waals surface area (Å²) in [6, 6.07) is 13.1. The first kappa shape index (κ1) is 18.1. The highest BCUT2D eigenvalue weighted by molar-refractivity contribution is 7.90. The summed E-state index contributed by atoms with van der Waals surface area (Å²) in [6.07, 6.45) is 0. The zero-order chi connectivity index (χ0) is 18.7. The van der Waals surface area contributed by atoms with Crippen LogP contribution in [0.2, 0.25) is 0 Å². The van der Waals surface area contributed by atoms with E-state index in [0.717, 1.165) is 5.56 Å². The van der Waals surface area contributed by atoms with E-state index in [1.165, 1.54) is 6.07 Å². The van der Waals surface area contributed by atoms with Gasteiger partial charge in [0.2, 0.25) is 5.91 Å². The number of amides is 1. The second-order valence-electron chi connectivity index (χ2n) is 5.88. The molecule has 2 aromatic carbocycles. The molecule has 0 aliphatic carbocycles. The summed E-state index contributed by atoms with van der Waals surface area (Å²) in [5.74, 6) is -0.160. The van der Waals surface area contributed by atoms with Gasteiger partial charge in [0.15, 0.2) is 0 Å². The Kier molecular flexibility index (Phi) is 5.06. The van der Waals surface area contributed by atoms with Gasteiger partial charge in [-0.2, -0.15) is 0 Å². The summed E-state index contributed by atoms with van der Waals surface area (Å²) in [6.45, 7) is 2.05. The molecule has 0 radical (unpaired) electrons. The zero-order valence-corrected chi connectivity index (χ0v) is 15.2. The number of sulfonamides is 1. The maximum atomic E-state index is 12.4. The lowest BCUT2D eigenvalue weighted by Gasteiger charge is -2.11. The summed E-state index contributed by atoms with van der Waals surface area (Å²) in [4.78, 5) is 16.8. The third-order valence-electron chi connectivity index (χ3n) is 3.87. The maximum Gasteiger partial charge on any atom is 0.263 e. The second-order valence-corrected chi connectivity index (χ2v) is 7.53. The van der Waals surface area contributed by atoms with E-state index >= 15 is 0 Å². The predicted molar refractivity (Wildman–Crippen MR) is 98.5 cm³/mol. The lowest BCUT2D eigenvalue weighted by molar-refractivity contribution is -0.117. The van der Waals surface area contributed by atoms with Crippen molar-refractivity contribution in [1.82, 2.24) is 4.72 Å². The van der Waals surface area contributed by atoms with E-state index < -0.39 is 16.1 Å². The van der Waals surface area contributed by atoms with E-state index in [1.54, 1.807) is 38.3 Å². The van der Waals surface area contributed by atoms with Gasteiger partial charge in [-0.1, -0.05) is 24.3 Å². The first-order valence-electron chi connectivity index (χ1n) is 7.99. The average molecular weight is 373 g/mol. The van der Waals surface area contributed by atoms with Gasteiger partial charge in [0, 0.05) is 18.4 Å². The molecule has 2 aromatic rings. The topological polar surface area (TPSA) is 96.9 Å². The van der Waals surface area contributed by atoms with Gasteiger partial charge in [-0.05, 0) is 36.8 Å². The van der Waals surface area contributed by atoms with Crippen LogP contribution in [0.15, 0.2) is 58.4 Å². The second kappa shape index (κ2) is 7.27. The highest BCUT2D eigenvalue weighted by atomic mass is 32.2. The number of hydrogen-bond acceptors (Lipinski definition) is 5. The number of amidine groups is 1. The van der Waals surface area contributed by atoms with Crippen molar-refractivity contribution < 1.29 is 17.9 Å². The van der Waals surface area contributed by atoms with Crippen LogP contribution >= 0.6 is 0 Å². The van der Waals surface area contributed by atoms with Crippen molar-refractivity contribution >= 4 is 27.5 Å². The van der Waals surface area contributed by atoms with E-state index in [1.807, 2.05) is 18.2 Å². The van der Waals surface area contributed by atoms with Crippen LogP contribution in [0, 0.1) is 0 Å². The van der Waals surface area contributed by atoms with Gasteiger partial charge < -0.3 is 10.1 Å². The number of nitrogens with zero attached hydrogens (tertiary/aromatic N) is 1. The van der Waals surface area contributed by atoms with E-state index in [9.17, 15) is 13.2 Å². The molecular weight excluding hydrogens is 354 g/mol. The molecule has 1 aliphatic rings. The Morgan fingerprint density at radius 3 is 2.77 bits per heavy atom. The van der Waals surface area contributed by atoms with Crippen molar-refractivity contribution in [3.8, 4) is 0 Å². The number of carbonyl (C=O) groups is 1. The summed E-state index contributed by atoms with van der Waals surface area (Å²) in [5, 5.41) is 2.78. The molecule has 1 heterocycles. The highest BCUT2D eigenvalue weighted by Gasteiger charge is 2.31. The first-order valence-corrected chi connectivity index (χ1v) is 9.48. The monoisotopic (exact) mass is 373 g/mol. The van der Waals surface area contributed by atoms with Crippen LogP contribution in [-0.2, 0) is 26.2 Å². The number of aliphatic imine (C=N–C) groups is 1. The Labute approximate surface area is 152 Å². The molecule has 0 unspecified atom stereocenters. The van der Waals surface area contributed by atoms with Gasteiger partial charge in [0.05, 0.1) is 11.5 Å². The van der Waals surface area contributed by atoms with Crippen molar-refractivity contribution in [2.45, 2.75) is 24.5 Å². The Balaban J connectivity index is 1.78. The van der Waals surface area contributed by atoms with Crippen LogP contribution in [0.25, 0.3) is 0 Å². The molecule has 26 heavy (non-hydrogen) atoms. The minimum atomic E-state index is -3.62. The molecular formula is C18H19N3O4S. The fourth-order valence-electron chi connectivity index (χ4n) is 2.63. The molecule has 0 fully saturated rings. The van der Waals surface area contributed by atoms with Crippen molar-refractivity contribution in [3.63, 3.8) is 0 Å². The van der Waals surface area contributed by atoms with Crippen LogP contribution in [0.5, 0.6) is 0 Å². The molecule has 7 nitrogen and oxygen atoms in total. The highest BCUT2D eigenvalue weighted by Crippen LogP contribution is 2.22. The fourth-order valence-corrected chi connectivity index (χ4v) is 3.87. The summed E-state index contributed by atoms with van der Waals surface area (Å²) in [5.41, 5.74) is 2.03. The molecule has 3 rings (SSSR count). The Hall–Kier alpha value is -2.71. The molecule has 0 saturated heterocycles. The Bertz CT molecular complexity index is 970. The van der Waals surface area contributed by atoms with Crippen LogP contribution in [0.4, 0.5) is 5.69 Å². The SMILES string of the molecule is COCc1cccc(NC(=O)[C@H](C)N=C2NS(=O)(=O)c3ccccc32)c1. The van der Waals surface area contributed by atoms with E-state index in [0.29, 0.717) is 17.9 Å². The number of rotatable bonds is 5. The van der Waals surface area contributed by atoms with Gasteiger partial charge in [-0.25, -0.2) is 8.42 Å². The number of methoxy groups -OCH3 is 1. The number of hydrogen-bond donors (Lipinski definition) is 2. The number of fused-ring (bicyclic) bond motifs is 1. The fraction of sp³-hybridized carbons (Fsp3) is 0.222. The molecule has 0 aromatic heterocycles. The third kappa shape index (κ3) is 3.76. The van der Waals surface area contributed by atoms with Crippen molar-refractivity contribution in [3.05, 3.63) is 59.7 Å². The van der Waals surface area contributed by atoms with Crippen molar-refractivity contribution in [2.75, 3.05) is 12.4 Å². The van der Waals surface area contributed by atoms with Crippen LogP contribution in [0.3, 0.4) is 0 Å². The van der Waals surface area contributed by atoms with Gasteiger partial charge in [0.25, 0.3) is 10.0 Å². The van der Waals surface area contributed by atoms with Gasteiger partial charge >= 0.3 is 0 Å². The lowest BCUT2D eigenvalue weighted by atomic mass is 10.2.